The van der Waals surface area contributed by atoms with Crippen molar-refractivity contribution in [3.8, 4) is 5.75 Å². The van der Waals surface area contributed by atoms with E-state index in [9.17, 15) is 4.79 Å². The molecule has 4 heteroatoms. The van der Waals surface area contributed by atoms with Crippen LogP contribution in [0.1, 0.15) is 57.9 Å². The fourth-order valence-corrected chi connectivity index (χ4v) is 2.65. The Kier molecular flexibility index (Phi) is 11.1. The van der Waals surface area contributed by atoms with Crippen molar-refractivity contribution in [1.29, 1.82) is 0 Å². The van der Waals surface area contributed by atoms with Crippen molar-refractivity contribution in [2.75, 3.05) is 6.61 Å². The quantitative estimate of drug-likeness (QED) is 0.347. The largest absolute Gasteiger partial charge is 0.465 e. The number of hydrogen-bond donors (Lipinski definition) is 0. The van der Waals surface area contributed by atoms with E-state index in [1.165, 1.54) is 25.3 Å². The lowest BCUT2D eigenvalue weighted by Crippen LogP contribution is -2.19. The van der Waals surface area contributed by atoms with E-state index >= 15 is 0 Å². The number of esters is 1. The highest BCUT2D eigenvalue weighted by atomic mass is 16.7. The van der Waals surface area contributed by atoms with Crippen molar-refractivity contribution in [1.82, 2.24) is 0 Å². The van der Waals surface area contributed by atoms with Gasteiger partial charge >= 0.3 is 5.97 Å². The standard InChI is InChI=1S/C13H18O2.C9H14O2/c1-4-11-7-9-12(10-8-11)15-13(5-2)14-6-3;1-2-9(10)11-8-6-4-3-5-7-8/h4,7-10,13H,1,5-6H2,2-3H3;2,8H,1,3-7H2. The van der Waals surface area contributed by atoms with Crippen LogP contribution in [0, 0.1) is 0 Å². The van der Waals surface area contributed by atoms with Crippen molar-refractivity contribution in [2.24, 2.45) is 0 Å². The third-order valence-electron chi connectivity index (χ3n) is 4.07. The molecule has 1 atom stereocenters. The summed E-state index contributed by atoms with van der Waals surface area (Å²) in [6, 6.07) is 7.80. The van der Waals surface area contributed by atoms with Gasteiger partial charge in [0.15, 0.2) is 6.29 Å². The lowest BCUT2D eigenvalue weighted by Gasteiger charge is -2.20. The minimum atomic E-state index is -0.281. The summed E-state index contributed by atoms with van der Waals surface area (Å²) in [4.78, 5) is 10.7. The van der Waals surface area contributed by atoms with Gasteiger partial charge in [-0.25, -0.2) is 4.79 Å². The van der Waals surface area contributed by atoms with Crippen LogP contribution in [0.25, 0.3) is 6.08 Å². The van der Waals surface area contributed by atoms with Gasteiger partial charge in [0.05, 0.1) is 0 Å². The SMILES string of the molecule is C=CC(=O)OC1CCCCC1.C=Cc1ccc(OC(CC)OCC)cc1. The van der Waals surface area contributed by atoms with Crippen LogP contribution in [0.5, 0.6) is 5.75 Å². The topological polar surface area (TPSA) is 44.8 Å². The normalized spacial score (nSPS) is 15.2. The van der Waals surface area contributed by atoms with E-state index in [1.807, 2.05) is 44.2 Å². The van der Waals surface area contributed by atoms with Gasteiger partial charge in [0, 0.05) is 19.1 Å². The van der Waals surface area contributed by atoms with E-state index in [-0.39, 0.29) is 18.4 Å². The molecule has 1 aromatic carbocycles. The van der Waals surface area contributed by atoms with Crippen LogP contribution in [-0.2, 0) is 14.3 Å². The molecule has 1 aromatic rings. The summed E-state index contributed by atoms with van der Waals surface area (Å²) in [6.07, 6.45) is 9.61. The molecule has 1 unspecified atom stereocenters. The Balaban J connectivity index is 0.000000273. The molecular weight excluding hydrogens is 328 g/mol. The second-order valence-corrected chi connectivity index (χ2v) is 6.09. The van der Waals surface area contributed by atoms with E-state index < -0.39 is 0 Å². The number of carbonyl (C=O) groups excluding carboxylic acids is 1. The first-order chi connectivity index (χ1) is 12.6. The van der Waals surface area contributed by atoms with Crippen LogP contribution < -0.4 is 4.74 Å². The number of hydrogen-bond acceptors (Lipinski definition) is 4. The number of benzene rings is 1. The summed E-state index contributed by atoms with van der Waals surface area (Å²) < 4.78 is 16.1. The molecule has 144 valence electrons. The fraction of sp³-hybridized carbons (Fsp3) is 0.500. The van der Waals surface area contributed by atoms with Crippen molar-refractivity contribution >= 4 is 12.0 Å². The lowest BCUT2D eigenvalue weighted by molar-refractivity contribution is -0.144. The summed E-state index contributed by atoms with van der Waals surface area (Å²) in [5.41, 5.74) is 1.09. The molecule has 0 aromatic heterocycles. The van der Waals surface area contributed by atoms with Gasteiger partial charge in [-0.3, -0.25) is 0 Å². The molecule has 1 fully saturated rings. The molecule has 0 N–H and O–H groups in total. The summed E-state index contributed by atoms with van der Waals surface area (Å²) in [7, 11) is 0. The Bertz CT molecular complexity index is 530. The Morgan fingerprint density at radius 1 is 1.15 bits per heavy atom. The third-order valence-corrected chi connectivity index (χ3v) is 4.07. The van der Waals surface area contributed by atoms with Gasteiger partial charge < -0.3 is 14.2 Å². The first kappa shape index (κ1) is 22.0. The van der Waals surface area contributed by atoms with E-state index in [2.05, 4.69) is 13.2 Å². The summed E-state index contributed by atoms with van der Waals surface area (Å²) in [5, 5.41) is 0. The molecule has 0 amide bonds. The smallest absolute Gasteiger partial charge is 0.330 e. The van der Waals surface area contributed by atoms with Crippen LogP contribution >= 0.6 is 0 Å². The van der Waals surface area contributed by atoms with Gasteiger partial charge in [0.2, 0.25) is 0 Å². The summed E-state index contributed by atoms with van der Waals surface area (Å²) >= 11 is 0. The predicted octanol–water partition coefficient (Wildman–Crippen LogP) is 5.53. The highest BCUT2D eigenvalue weighted by Gasteiger charge is 2.15. The maximum absolute atomic E-state index is 10.7. The first-order valence-corrected chi connectivity index (χ1v) is 9.46. The molecule has 0 bridgehead atoms. The fourth-order valence-electron chi connectivity index (χ4n) is 2.65. The van der Waals surface area contributed by atoms with Crippen LogP contribution in [0.4, 0.5) is 0 Å². The summed E-state index contributed by atoms with van der Waals surface area (Å²) in [6.45, 7) is 11.7. The summed E-state index contributed by atoms with van der Waals surface area (Å²) in [5.74, 6) is 0.554. The first-order valence-electron chi connectivity index (χ1n) is 9.46. The van der Waals surface area contributed by atoms with Gasteiger partial charge in [0.1, 0.15) is 11.9 Å². The highest BCUT2D eigenvalue weighted by molar-refractivity contribution is 5.81. The monoisotopic (exact) mass is 360 g/mol. The molecule has 0 radical (unpaired) electrons. The van der Waals surface area contributed by atoms with E-state index in [0.717, 1.165) is 30.6 Å². The number of rotatable bonds is 8. The van der Waals surface area contributed by atoms with Crippen LogP contribution in [0.2, 0.25) is 0 Å². The maximum Gasteiger partial charge on any atom is 0.330 e. The lowest BCUT2D eigenvalue weighted by atomic mass is 9.98. The average Bonchev–Trinajstić information content (AvgIpc) is 2.69. The predicted molar refractivity (Wildman–Crippen MR) is 106 cm³/mol. The molecule has 1 aliphatic carbocycles. The van der Waals surface area contributed by atoms with Gasteiger partial charge in [-0.15, -0.1) is 0 Å². The van der Waals surface area contributed by atoms with Gasteiger partial charge in [-0.1, -0.05) is 44.7 Å². The molecule has 0 saturated heterocycles. The van der Waals surface area contributed by atoms with Crippen molar-refractivity contribution < 1.29 is 19.0 Å². The molecule has 0 heterocycles. The van der Waals surface area contributed by atoms with E-state index in [0.29, 0.717) is 6.61 Å². The van der Waals surface area contributed by atoms with Crippen LogP contribution in [0.3, 0.4) is 0 Å². The molecule has 2 rings (SSSR count). The Labute approximate surface area is 157 Å². The number of carbonyl (C=O) groups is 1. The van der Waals surface area contributed by atoms with Crippen LogP contribution in [-0.4, -0.2) is 25.0 Å². The third kappa shape index (κ3) is 8.86. The average molecular weight is 360 g/mol. The molecule has 1 saturated carbocycles. The van der Waals surface area contributed by atoms with Gasteiger partial charge in [-0.05, 0) is 50.3 Å². The molecular formula is C22H32O4. The van der Waals surface area contributed by atoms with Gasteiger partial charge in [0.25, 0.3) is 0 Å². The Morgan fingerprint density at radius 2 is 1.81 bits per heavy atom. The zero-order valence-corrected chi connectivity index (χ0v) is 16.1. The van der Waals surface area contributed by atoms with Crippen molar-refractivity contribution in [3.05, 3.63) is 49.1 Å². The zero-order chi connectivity index (χ0) is 19.2. The molecule has 4 nitrogen and oxygen atoms in total. The molecule has 26 heavy (non-hydrogen) atoms. The minimum Gasteiger partial charge on any atom is -0.465 e. The van der Waals surface area contributed by atoms with Crippen molar-refractivity contribution in [2.45, 2.75) is 64.8 Å². The number of ether oxygens (including phenoxy) is 3. The van der Waals surface area contributed by atoms with Gasteiger partial charge in [-0.2, -0.15) is 0 Å². The Hall–Kier alpha value is -2.07. The Morgan fingerprint density at radius 3 is 2.31 bits per heavy atom. The maximum atomic E-state index is 10.7. The second-order valence-electron chi connectivity index (χ2n) is 6.09. The second kappa shape index (κ2) is 13.2. The molecule has 0 spiro atoms. The minimum absolute atomic E-state index is 0.149. The van der Waals surface area contributed by atoms with Crippen LogP contribution in [0.15, 0.2) is 43.5 Å². The molecule has 0 aliphatic heterocycles. The van der Waals surface area contributed by atoms with Crippen molar-refractivity contribution in [3.63, 3.8) is 0 Å². The van der Waals surface area contributed by atoms with E-state index in [4.69, 9.17) is 14.2 Å². The highest BCUT2D eigenvalue weighted by Crippen LogP contribution is 2.20. The molecule has 1 aliphatic rings. The van der Waals surface area contributed by atoms with E-state index in [1.54, 1.807) is 0 Å². The zero-order valence-electron chi connectivity index (χ0n) is 16.1.